The average molecular weight is 468 g/mol. The molecule has 0 atom stereocenters. The average Bonchev–Trinajstić information content (AvgIpc) is 2.84. The molecule has 0 aromatic heterocycles. The fourth-order valence-corrected chi connectivity index (χ4v) is 4.42. The van der Waals surface area contributed by atoms with Crippen molar-refractivity contribution in [1.29, 1.82) is 0 Å². The molecular weight excluding hydrogens is 442 g/mol. The van der Waals surface area contributed by atoms with E-state index in [0.717, 1.165) is 9.87 Å². The van der Waals surface area contributed by atoms with Crippen LogP contribution in [0, 0.1) is 0 Å². The Hall–Kier alpha value is -3.85. The third-order valence-corrected chi connectivity index (χ3v) is 6.34. The Kier molecular flexibility index (Phi) is 8.04. The van der Waals surface area contributed by atoms with Crippen molar-refractivity contribution in [2.45, 2.75) is 11.8 Å². The quantitative estimate of drug-likeness (QED) is 0.364. The second-order valence-corrected chi connectivity index (χ2v) is 8.68. The van der Waals surface area contributed by atoms with Crippen LogP contribution in [0.5, 0.6) is 11.5 Å². The summed E-state index contributed by atoms with van der Waals surface area (Å²) >= 11 is 0. The number of sulfonamides is 1. The summed E-state index contributed by atoms with van der Waals surface area (Å²) < 4.78 is 38.2. The minimum absolute atomic E-state index is 0.0755. The van der Waals surface area contributed by atoms with Crippen molar-refractivity contribution in [2.75, 3.05) is 24.6 Å². The molecule has 0 saturated carbocycles. The van der Waals surface area contributed by atoms with E-state index in [1.54, 1.807) is 73.8 Å². The van der Waals surface area contributed by atoms with Gasteiger partial charge in [-0.05, 0) is 61.0 Å². The van der Waals surface area contributed by atoms with Crippen LogP contribution in [-0.4, -0.2) is 40.8 Å². The standard InChI is InChI=1S/C24H25N3O5S/c1-3-32-21-14-12-20(13-15-21)27(33(29,30)23-10-5-4-6-11-23)18-24(28)26-25-17-19-8-7-9-22(16-19)31-2/h4-17H,3,18H2,1-2H3,(H,26,28)/b25-17-. The Morgan fingerprint density at radius 2 is 1.73 bits per heavy atom. The maximum atomic E-state index is 13.3. The highest BCUT2D eigenvalue weighted by Crippen LogP contribution is 2.25. The summed E-state index contributed by atoms with van der Waals surface area (Å²) in [6.45, 7) is 1.89. The number of hydrogen-bond acceptors (Lipinski definition) is 6. The van der Waals surface area contributed by atoms with Crippen LogP contribution in [0.15, 0.2) is 88.9 Å². The Morgan fingerprint density at radius 3 is 2.39 bits per heavy atom. The topological polar surface area (TPSA) is 97.3 Å². The number of nitrogens with zero attached hydrogens (tertiary/aromatic N) is 2. The van der Waals surface area contributed by atoms with Gasteiger partial charge in [-0.25, -0.2) is 13.8 Å². The van der Waals surface area contributed by atoms with Crippen LogP contribution in [0.4, 0.5) is 5.69 Å². The number of carbonyl (C=O) groups excluding carboxylic acids is 1. The van der Waals surface area contributed by atoms with E-state index in [9.17, 15) is 13.2 Å². The highest BCUT2D eigenvalue weighted by molar-refractivity contribution is 7.92. The minimum atomic E-state index is -4.00. The van der Waals surface area contributed by atoms with Gasteiger partial charge in [-0.1, -0.05) is 30.3 Å². The molecule has 0 saturated heterocycles. The Morgan fingerprint density at radius 1 is 1.00 bits per heavy atom. The Bertz CT molecular complexity index is 1200. The number of hydrogen-bond donors (Lipinski definition) is 1. The smallest absolute Gasteiger partial charge is 0.264 e. The predicted octanol–water partition coefficient (Wildman–Crippen LogP) is 3.44. The third-order valence-electron chi connectivity index (χ3n) is 4.55. The lowest BCUT2D eigenvalue weighted by atomic mass is 10.2. The molecule has 1 amide bonds. The zero-order valence-corrected chi connectivity index (χ0v) is 19.2. The monoisotopic (exact) mass is 467 g/mol. The second kappa shape index (κ2) is 11.1. The molecule has 0 bridgehead atoms. The van der Waals surface area contributed by atoms with E-state index < -0.39 is 22.5 Å². The fourth-order valence-electron chi connectivity index (χ4n) is 2.98. The van der Waals surface area contributed by atoms with E-state index in [0.29, 0.717) is 23.8 Å². The van der Waals surface area contributed by atoms with Crippen LogP contribution >= 0.6 is 0 Å². The molecule has 0 aliphatic heterocycles. The Labute approximate surface area is 193 Å². The first-order chi connectivity index (χ1) is 15.9. The van der Waals surface area contributed by atoms with Gasteiger partial charge in [-0.2, -0.15) is 5.10 Å². The number of carbonyl (C=O) groups is 1. The van der Waals surface area contributed by atoms with Crippen molar-refractivity contribution >= 4 is 27.8 Å². The van der Waals surface area contributed by atoms with Gasteiger partial charge >= 0.3 is 0 Å². The van der Waals surface area contributed by atoms with Crippen molar-refractivity contribution in [1.82, 2.24) is 5.43 Å². The highest BCUT2D eigenvalue weighted by atomic mass is 32.2. The van der Waals surface area contributed by atoms with Gasteiger partial charge in [-0.15, -0.1) is 0 Å². The molecule has 8 nitrogen and oxygen atoms in total. The first-order valence-corrected chi connectivity index (χ1v) is 11.6. The largest absolute Gasteiger partial charge is 0.497 e. The summed E-state index contributed by atoms with van der Waals surface area (Å²) in [5, 5.41) is 3.94. The number of anilines is 1. The van der Waals surface area contributed by atoms with Crippen molar-refractivity contribution in [3.05, 3.63) is 84.4 Å². The lowest BCUT2D eigenvalue weighted by Crippen LogP contribution is -2.39. The molecule has 3 aromatic rings. The second-order valence-electron chi connectivity index (χ2n) is 6.82. The molecule has 0 aliphatic rings. The molecule has 3 aromatic carbocycles. The molecule has 0 fully saturated rings. The number of hydrazone groups is 1. The normalized spacial score (nSPS) is 11.2. The van der Waals surface area contributed by atoms with Gasteiger partial charge in [-0.3, -0.25) is 9.10 Å². The molecule has 0 heterocycles. The minimum Gasteiger partial charge on any atom is -0.497 e. The van der Waals surface area contributed by atoms with Crippen LogP contribution in [0.2, 0.25) is 0 Å². The molecule has 0 aliphatic carbocycles. The summed E-state index contributed by atoms with van der Waals surface area (Å²) in [7, 11) is -2.44. The molecule has 0 spiro atoms. The van der Waals surface area contributed by atoms with E-state index in [1.807, 2.05) is 6.92 Å². The zero-order chi connectivity index (χ0) is 23.7. The lowest BCUT2D eigenvalue weighted by molar-refractivity contribution is -0.119. The molecule has 9 heteroatoms. The van der Waals surface area contributed by atoms with Gasteiger partial charge in [0.15, 0.2) is 0 Å². The van der Waals surface area contributed by atoms with Gasteiger partial charge < -0.3 is 9.47 Å². The summed E-state index contributed by atoms with van der Waals surface area (Å²) in [6.07, 6.45) is 1.45. The first-order valence-electron chi connectivity index (χ1n) is 10.2. The van der Waals surface area contributed by atoms with Gasteiger partial charge in [0.25, 0.3) is 15.9 Å². The van der Waals surface area contributed by atoms with Crippen LogP contribution in [0.3, 0.4) is 0 Å². The molecule has 0 unspecified atom stereocenters. The first kappa shape index (κ1) is 23.8. The zero-order valence-electron chi connectivity index (χ0n) is 18.3. The van der Waals surface area contributed by atoms with Crippen molar-refractivity contribution in [3.8, 4) is 11.5 Å². The highest BCUT2D eigenvalue weighted by Gasteiger charge is 2.27. The number of benzene rings is 3. The lowest BCUT2D eigenvalue weighted by Gasteiger charge is -2.24. The van der Waals surface area contributed by atoms with Crippen molar-refractivity contribution in [3.63, 3.8) is 0 Å². The van der Waals surface area contributed by atoms with Crippen LogP contribution in [0.1, 0.15) is 12.5 Å². The van der Waals surface area contributed by atoms with Crippen molar-refractivity contribution < 1.29 is 22.7 Å². The van der Waals surface area contributed by atoms with Gasteiger partial charge in [0, 0.05) is 0 Å². The van der Waals surface area contributed by atoms with Crippen molar-refractivity contribution in [2.24, 2.45) is 5.10 Å². The van der Waals surface area contributed by atoms with Crippen LogP contribution < -0.4 is 19.2 Å². The molecular formula is C24H25N3O5S. The van der Waals surface area contributed by atoms with E-state index in [1.165, 1.54) is 18.3 Å². The molecule has 1 N–H and O–H groups in total. The summed E-state index contributed by atoms with van der Waals surface area (Å²) in [4.78, 5) is 12.7. The Balaban J connectivity index is 1.81. The third kappa shape index (κ3) is 6.33. The van der Waals surface area contributed by atoms with E-state index in [2.05, 4.69) is 10.5 Å². The molecule has 33 heavy (non-hydrogen) atoms. The predicted molar refractivity (Wildman–Crippen MR) is 127 cm³/mol. The summed E-state index contributed by atoms with van der Waals surface area (Å²) in [5.74, 6) is 0.661. The molecule has 3 rings (SSSR count). The maximum absolute atomic E-state index is 13.3. The maximum Gasteiger partial charge on any atom is 0.264 e. The summed E-state index contributed by atoms with van der Waals surface area (Å²) in [5.41, 5.74) is 3.43. The van der Waals surface area contributed by atoms with E-state index in [-0.39, 0.29) is 4.90 Å². The SMILES string of the molecule is CCOc1ccc(N(CC(=O)N/N=C\c2cccc(OC)c2)S(=O)(=O)c2ccccc2)cc1. The number of rotatable bonds is 10. The number of ether oxygens (including phenoxy) is 2. The van der Waals surface area contributed by atoms with Crippen LogP contribution in [-0.2, 0) is 14.8 Å². The number of nitrogens with one attached hydrogen (secondary N) is 1. The van der Waals surface area contributed by atoms with E-state index in [4.69, 9.17) is 9.47 Å². The van der Waals surface area contributed by atoms with E-state index >= 15 is 0 Å². The van der Waals surface area contributed by atoms with Crippen LogP contribution in [0.25, 0.3) is 0 Å². The summed E-state index contributed by atoms with van der Waals surface area (Å²) in [6, 6.07) is 21.6. The molecule has 0 radical (unpaired) electrons. The number of amides is 1. The number of methoxy groups -OCH3 is 1. The van der Waals surface area contributed by atoms with Gasteiger partial charge in [0.1, 0.15) is 18.0 Å². The molecule has 172 valence electrons. The van der Waals surface area contributed by atoms with Gasteiger partial charge in [0.05, 0.1) is 30.5 Å². The fraction of sp³-hybridized carbons (Fsp3) is 0.167. The van der Waals surface area contributed by atoms with Gasteiger partial charge in [0.2, 0.25) is 0 Å².